The van der Waals surface area contributed by atoms with E-state index in [0.29, 0.717) is 18.9 Å². The number of aromatic nitrogens is 3. The zero-order valence-electron chi connectivity index (χ0n) is 9.90. The molecule has 0 saturated carbocycles. The van der Waals surface area contributed by atoms with Gasteiger partial charge >= 0.3 is 0 Å². The second-order valence-corrected chi connectivity index (χ2v) is 4.47. The van der Waals surface area contributed by atoms with Gasteiger partial charge in [0, 0.05) is 31.4 Å². The molecular formula is C12H14N4O2. The van der Waals surface area contributed by atoms with E-state index in [1.165, 1.54) is 6.39 Å². The van der Waals surface area contributed by atoms with Crippen LogP contribution in [0.15, 0.2) is 35.4 Å². The Morgan fingerprint density at radius 1 is 1.44 bits per heavy atom. The lowest BCUT2D eigenvalue weighted by Crippen LogP contribution is -2.31. The maximum Gasteiger partial charge on any atom is 0.242 e. The van der Waals surface area contributed by atoms with Gasteiger partial charge in [-0.15, -0.1) is 0 Å². The smallest absolute Gasteiger partial charge is 0.242 e. The zero-order valence-corrected chi connectivity index (χ0v) is 9.90. The van der Waals surface area contributed by atoms with Gasteiger partial charge in [-0.2, -0.15) is 4.98 Å². The van der Waals surface area contributed by atoms with Gasteiger partial charge in [0.1, 0.15) is 6.54 Å². The van der Waals surface area contributed by atoms with E-state index in [9.17, 15) is 4.79 Å². The third-order valence-corrected chi connectivity index (χ3v) is 3.27. The molecular weight excluding hydrogens is 232 g/mol. The minimum atomic E-state index is 0.136. The number of rotatable bonds is 3. The number of hydrogen-bond donors (Lipinski definition) is 0. The monoisotopic (exact) mass is 246 g/mol. The van der Waals surface area contributed by atoms with Crippen LogP contribution in [0.1, 0.15) is 18.2 Å². The third-order valence-electron chi connectivity index (χ3n) is 3.27. The maximum absolute atomic E-state index is 12.1. The third kappa shape index (κ3) is 2.13. The van der Waals surface area contributed by atoms with Crippen LogP contribution in [0, 0.1) is 0 Å². The Morgan fingerprint density at radius 3 is 3.00 bits per heavy atom. The SMILES string of the molecule is O=C(Cn1cccc1)N1CC[C@@H](c2ncon2)C1. The first-order valence-corrected chi connectivity index (χ1v) is 5.98. The van der Waals surface area contributed by atoms with E-state index >= 15 is 0 Å². The van der Waals surface area contributed by atoms with Crippen LogP contribution in [-0.2, 0) is 11.3 Å². The van der Waals surface area contributed by atoms with Crippen LogP contribution in [0.2, 0.25) is 0 Å². The van der Waals surface area contributed by atoms with E-state index in [1.54, 1.807) is 0 Å². The van der Waals surface area contributed by atoms with Gasteiger partial charge in [-0.25, -0.2) is 0 Å². The van der Waals surface area contributed by atoms with Gasteiger partial charge in [-0.1, -0.05) is 5.16 Å². The second-order valence-electron chi connectivity index (χ2n) is 4.47. The molecule has 2 aromatic rings. The van der Waals surface area contributed by atoms with Gasteiger partial charge in [0.05, 0.1) is 0 Å². The predicted octanol–water partition coefficient (Wildman–Crippen LogP) is 0.887. The molecule has 18 heavy (non-hydrogen) atoms. The van der Waals surface area contributed by atoms with Crippen LogP contribution < -0.4 is 0 Å². The summed E-state index contributed by atoms with van der Waals surface area (Å²) in [5.74, 6) is 1.04. The number of carbonyl (C=O) groups excluding carboxylic acids is 1. The van der Waals surface area contributed by atoms with E-state index < -0.39 is 0 Å². The van der Waals surface area contributed by atoms with Crippen molar-refractivity contribution in [3.05, 3.63) is 36.7 Å². The molecule has 6 heteroatoms. The van der Waals surface area contributed by atoms with Crippen molar-refractivity contribution in [1.82, 2.24) is 19.6 Å². The minimum Gasteiger partial charge on any atom is -0.345 e. The van der Waals surface area contributed by atoms with Crippen LogP contribution in [0.25, 0.3) is 0 Å². The molecule has 0 N–H and O–H groups in total. The van der Waals surface area contributed by atoms with Crippen molar-refractivity contribution in [2.45, 2.75) is 18.9 Å². The second kappa shape index (κ2) is 4.64. The van der Waals surface area contributed by atoms with Gasteiger partial charge in [0.25, 0.3) is 0 Å². The topological polar surface area (TPSA) is 64.2 Å². The average Bonchev–Trinajstić information content (AvgIpc) is 3.11. The number of likely N-dealkylation sites (tertiary alicyclic amines) is 1. The standard InChI is InChI=1S/C12H14N4O2/c17-11(8-15-4-1-2-5-15)16-6-3-10(7-16)12-13-9-18-14-12/h1-2,4-5,9-10H,3,6-8H2/t10-/m1/s1. The highest BCUT2D eigenvalue weighted by molar-refractivity contribution is 5.76. The number of nitrogens with zero attached hydrogens (tertiary/aromatic N) is 4. The van der Waals surface area contributed by atoms with Gasteiger partial charge < -0.3 is 14.0 Å². The Balaban J connectivity index is 1.60. The molecule has 0 radical (unpaired) electrons. The van der Waals surface area contributed by atoms with Crippen molar-refractivity contribution in [1.29, 1.82) is 0 Å². The molecule has 6 nitrogen and oxygen atoms in total. The minimum absolute atomic E-state index is 0.136. The van der Waals surface area contributed by atoms with Crippen LogP contribution in [0.3, 0.4) is 0 Å². The van der Waals surface area contributed by atoms with E-state index in [4.69, 9.17) is 4.52 Å². The Bertz CT molecular complexity index is 506. The van der Waals surface area contributed by atoms with Crippen LogP contribution in [-0.4, -0.2) is 38.6 Å². The highest BCUT2D eigenvalue weighted by Crippen LogP contribution is 2.24. The van der Waals surface area contributed by atoms with Crippen LogP contribution in [0.4, 0.5) is 0 Å². The molecule has 94 valence electrons. The first-order chi connectivity index (χ1) is 8.83. The zero-order chi connectivity index (χ0) is 12.4. The molecule has 1 saturated heterocycles. The largest absolute Gasteiger partial charge is 0.345 e. The Morgan fingerprint density at radius 2 is 2.28 bits per heavy atom. The summed E-state index contributed by atoms with van der Waals surface area (Å²) in [7, 11) is 0. The fraction of sp³-hybridized carbons (Fsp3) is 0.417. The Hall–Kier alpha value is -2.11. The van der Waals surface area contributed by atoms with Crippen molar-refractivity contribution in [3.8, 4) is 0 Å². The van der Waals surface area contributed by atoms with E-state index in [0.717, 1.165) is 13.0 Å². The van der Waals surface area contributed by atoms with Gasteiger partial charge in [0.2, 0.25) is 12.3 Å². The van der Waals surface area contributed by atoms with Crippen LogP contribution in [0.5, 0.6) is 0 Å². The number of hydrogen-bond acceptors (Lipinski definition) is 4. The summed E-state index contributed by atoms with van der Waals surface area (Å²) < 4.78 is 6.62. The summed E-state index contributed by atoms with van der Waals surface area (Å²) in [6.07, 6.45) is 6.02. The van der Waals surface area contributed by atoms with Gasteiger partial charge in [-0.05, 0) is 18.6 Å². The van der Waals surface area contributed by atoms with Gasteiger partial charge in [0.15, 0.2) is 5.82 Å². The summed E-state index contributed by atoms with van der Waals surface area (Å²) in [6.45, 7) is 1.84. The quantitative estimate of drug-likeness (QED) is 0.806. The molecule has 3 heterocycles. The lowest BCUT2D eigenvalue weighted by Gasteiger charge is -2.16. The van der Waals surface area contributed by atoms with E-state index in [1.807, 2.05) is 34.0 Å². The van der Waals surface area contributed by atoms with E-state index in [-0.39, 0.29) is 11.8 Å². The first kappa shape index (κ1) is 11.0. The molecule has 1 fully saturated rings. The molecule has 0 unspecified atom stereocenters. The van der Waals surface area contributed by atoms with Gasteiger partial charge in [-0.3, -0.25) is 4.79 Å². The highest BCUT2D eigenvalue weighted by atomic mass is 16.5. The summed E-state index contributed by atoms with van der Waals surface area (Å²) >= 11 is 0. The fourth-order valence-electron chi connectivity index (χ4n) is 2.29. The molecule has 1 aliphatic heterocycles. The fourth-order valence-corrected chi connectivity index (χ4v) is 2.29. The summed E-state index contributed by atoms with van der Waals surface area (Å²) in [6, 6.07) is 3.83. The first-order valence-electron chi connectivity index (χ1n) is 5.98. The maximum atomic E-state index is 12.1. The average molecular weight is 246 g/mol. The summed E-state index contributed by atoms with van der Waals surface area (Å²) in [5, 5.41) is 3.84. The molecule has 0 bridgehead atoms. The molecule has 1 aliphatic rings. The molecule has 0 spiro atoms. The van der Waals surface area contributed by atoms with Crippen molar-refractivity contribution < 1.29 is 9.32 Å². The summed E-state index contributed by atoms with van der Waals surface area (Å²) in [4.78, 5) is 18.0. The normalized spacial score (nSPS) is 19.3. The lowest BCUT2D eigenvalue weighted by atomic mass is 10.1. The summed E-state index contributed by atoms with van der Waals surface area (Å²) in [5.41, 5.74) is 0. The van der Waals surface area contributed by atoms with Crippen LogP contribution >= 0.6 is 0 Å². The highest BCUT2D eigenvalue weighted by Gasteiger charge is 2.29. The molecule has 1 atom stereocenters. The predicted molar refractivity (Wildman–Crippen MR) is 62.7 cm³/mol. The lowest BCUT2D eigenvalue weighted by molar-refractivity contribution is -0.130. The number of carbonyl (C=O) groups is 1. The van der Waals surface area contributed by atoms with Crippen molar-refractivity contribution in [2.75, 3.05) is 13.1 Å². The molecule has 2 aromatic heterocycles. The molecule has 3 rings (SSSR count). The molecule has 0 aliphatic carbocycles. The van der Waals surface area contributed by atoms with E-state index in [2.05, 4.69) is 10.1 Å². The Labute approximate surface area is 104 Å². The van der Waals surface area contributed by atoms with Crippen molar-refractivity contribution in [2.24, 2.45) is 0 Å². The molecule has 1 amide bonds. The Kier molecular flexibility index (Phi) is 2.84. The van der Waals surface area contributed by atoms with Crippen molar-refractivity contribution >= 4 is 5.91 Å². The number of amides is 1. The molecule has 0 aromatic carbocycles. The van der Waals surface area contributed by atoms with Crippen molar-refractivity contribution in [3.63, 3.8) is 0 Å².